The molecule has 0 aliphatic heterocycles. The molecule has 1 aliphatic rings. The molecule has 0 aromatic heterocycles. The Bertz CT molecular complexity index is 252. The van der Waals surface area contributed by atoms with Crippen molar-refractivity contribution in [1.29, 1.82) is 0 Å². The van der Waals surface area contributed by atoms with Crippen LogP contribution >= 0.6 is 0 Å². The van der Waals surface area contributed by atoms with E-state index in [1.165, 1.54) is 29.9 Å². The Morgan fingerprint density at radius 1 is 1.25 bits per heavy atom. The lowest BCUT2D eigenvalue weighted by molar-refractivity contribution is 1.09. The first-order valence-electron chi connectivity index (χ1n) is 4.68. The van der Waals surface area contributed by atoms with Crippen LogP contribution < -0.4 is 0 Å². The van der Waals surface area contributed by atoms with Crippen molar-refractivity contribution < 1.29 is 0 Å². The van der Waals surface area contributed by atoms with Crippen molar-refractivity contribution in [3.05, 3.63) is 41.3 Å². The lowest BCUT2D eigenvalue weighted by atomic mass is 9.99. The predicted molar refractivity (Wildman–Crippen MR) is 52.1 cm³/mol. The molecular formula is C12H15. The highest BCUT2D eigenvalue weighted by atomic mass is 14.3. The fourth-order valence-electron chi connectivity index (χ4n) is 1.52. The highest BCUT2D eigenvalue weighted by molar-refractivity contribution is 5.35. The lowest BCUT2D eigenvalue weighted by Crippen LogP contribution is -1.89. The molecule has 1 radical (unpaired) electrons. The molecule has 1 aromatic rings. The Kier molecular flexibility index (Phi) is 1.92. The van der Waals surface area contributed by atoms with Gasteiger partial charge in [0.25, 0.3) is 0 Å². The second-order valence-corrected chi connectivity index (χ2v) is 3.90. The summed E-state index contributed by atoms with van der Waals surface area (Å²) >= 11 is 0. The summed E-state index contributed by atoms with van der Waals surface area (Å²) in [4.78, 5) is 0. The maximum atomic E-state index is 2.34. The first-order valence-corrected chi connectivity index (χ1v) is 4.68. The summed E-state index contributed by atoms with van der Waals surface area (Å²) < 4.78 is 0. The molecule has 2 rings (SSSR count). The maximum absolute atomic E-state index is 2.34. The van der Waals surface area contributed by atoms with E-state index in [2.05, 4.69) is 38.1 Å². The van der Waals surface area contributed by atoms with Gasteiger partial charge in [0.15, 0.2) is 0 Å². The summed E-state index contributed by atoms with van der Waals surface area (Å²) in [6.45, 7) is 4.35. The minimum absolute atomic E-state index is 0.879. The smallest absolute Gasteiger partial charge is 0.00119 e. The van der Waals surface area contributed by atoms with Gasteiger partial charge in [-0.1, -0.05) is 38.1 Å². The van der Waals surface area contributed by atoms with Crippen LogP contribution in [-0.4, -0.2) is 0 Å². The molecule has 12 heavy (non-hydrogen) atoms. The van der Waals surface area contributed by atoms with Gasteiger partial charge in [-0.15, -0.1) is 0 Å². The van der Waals surface area contributed by atoms with Crippen molar-refractivity contribution in [2.24, 2.45) is 0 Å². The second kappa shape index (κ2) is 2.93. The quantitative estimate of drug-likeness (QED) is 0.619. The van der Waals surface area contributed by atoms with Gasteiger partial charge in [-0.3, -0.25) is 0 Å². The zero-order valence-electron chi connectivity index (χ0n) is 7.80. The first kappa shape index (κ1) is 7.85. The Hall–Kier alpha value is -0.780. The van der Waals surface area contributed by atoms with Gasteiger partial charge in [-0.2, -0.15) is 0 Å². The highest BCUT2D eigenvalue weighted by Crippen LogP contribution is 2.40. The molecule has 0 heterocycles. The lowest BCUT2D eigenvalue weighted by Gasteiger charge is -2.06. The van der Waals surface area contributed by atoms with Crippen LogP contribution in [0.5, 0.6) is 0 Å². The van der Waals surface area contributed by atoms with Gasteiger partial charge < -0.3 is 0 Å². The van der Waals surface area contributed by atoms with E-state index in [9.17, 15) is 0 Å². The summed E-state index contributed by atoms with van der Waals surface area (Å²) in [6.07, 6.45) is 2.79. The largest absolute Gasteiger partial charge is 0.0617 e. The maximum Gasteiger partial charge on any atom is -0.00119 e. The Morgan fingerprint density at radius 3 is 2.58 bits per heavy atom. The number of rotatable bonds is 2. The molecule has 0 saturated heterocycles. The van der Waals surface area contributed by atoms with Crippen LogP contribution in [0.15, 0.2) is 24.3 Å². The molecule has 0 bridgehead atoms. The molecule has 0 spiro atoms. The zero-order valence-corrected chi connectivity index (χ0v) is 7.80. The number of hydrogen-bond acceptors (Lipinski definition) is 0. The first-order chi connectivity index (χ1) is 5.77. The monoisotopic (exact) mass is 159 g/mol. The van der Waals surface area contributed by atoms with Crippen LogP contribution in [0.1, 0.15) is 43.7 Å². The van der Waals surface area contributed by atoms with Crippen molar-refractivity contribution in [3.63, 3.8) is 0 Å². The topological polar surface area (TPSA) is 0 Å². The van der Waals surface area contributed by atoms with Crippen LogP contribution in [0.3, 0.4) is 0 Å². The Labute approximate surface area is 74.6 Å². The van der Waals surface area contributed by atoms with E-state index in [4.69, 9.17) is 0 Å². The van der Waals surface area contributed by atoms with Crippen molar-refractivity contribution in [2.45, 2.75) is 32.6 Å². The average Bonchev–Trinajstić information content (AvgIpc) is 2.87. The average molecular weight is 159 g/mol. The minimum atomic E-state index is 0.879. The van der Waals surface area contributed by atoms with Crippen molar-refractivity contribution >= 4 is 0 Å². The zero-order chi connectivity index (χ0) is 8.55. The van der Waals surface area contributed by atoms with Crippen LogP contribution in [0.4, 0.5) is 0 Å². The summed E-state index contributed by atoms with van der Waals surface area (Å²) in [5.74, 6) is 2.29. The fourth-order valence-corrected chi connectivity index (χ4v) is 1.52. The van der Waals surface area contributed by atoms with E-state index in [0.717, 1.165) is 5.92 Å². The van der Waals surface area contributed by atoms with Crippen LogP contribution in [-0.2, 0) is 0 Å². The standard InChI is InChI=1S/C12H15/c1-9(2)11-4-3-5-12(8-11)10-6-7-10/h3-5,8,10H,6-7H2,1-2H3. The van der Waals surface area contributed by atoms with Crippen molar-refractivity contribution in [3.8, 4) is 0 Å². The predicted octanol–water partition coefficient (Wildman–Crippen LogP) is 3.53. The van der Waals surface area contributed by atoms with Gasteiger partial charge in [0.2, 0.25) is 0 Å². The van der Waals surface area contributed by atoms with E-state index in [1.807, 2.05) is 0 Å². The molecule has 1 aromatic carbocycles. The molecule has 0 amide bonds. The summed E-state index contributed by atoms with van der Waals surface area (Å²) in [6, 6.07) is 8.97. The molecule has 63 valence electrons. The van der Waals surface area contributed by atoms with Crippen LogP contribution in [0, 0.1) is 5.92 Å². The van der Waals surface area contributed by atoms with Gasteiger partial charge in [0, 0.05) is 0 Å². The molecule has 1 fully saturated rings. The molecule has 0 unspecified atom stereocenters. The normalized spacial score (nSPS) is 16.9. The number of hydrogen-bond donors (Lipinski definition) is 0. The van der Waals surface area contributed by atoms with Gasteiger partial charge in [0.05, 0.1) is 0 Å². The van der Waals surface area contributed by atoms with Gasteiger partial charge >= 0.3 is 0 Å². The second-order valence-electron chi connectivity index (χ2n) is 3.90. The SMILES string of the molecule is C[C](C)c1cccc(C2CC2)c1. The van der Waals surface area contributed by atoms with Crippen molar-refractivity contribution in [2.75, 3.05) is 0 Å². The van der Waals surface area contributed by atoms with Crippen LogP contribution in [0.25, 0.3) is 0 Å². The Morgan fingerprint density at radius 2 is 2.00 bits per heavy atom. The third kappa shape index (κ3) is 1.52. The van der Waals surface area contributed by atoms with Gasteiger partial charge in [-0.25, -0.2) is 0 Å². The fraction of sp³-hybridized carbons (Fsp3) is 0.417. The van der Waals surface area contributed by atoms with Gasteiger partial charge in [0.1, 0.15) is 0 Å². The van der Waals surface area contributed by atoms with E-state index in [0.29, 0.717) is 0 Å². The minimum Gasteiger partial charge on any atom is -0.0617 e. The molecule has 0 atom stereocenters. The molecule has 0 nitrogen and oxygen atoms in total. The third-order valence-electron chi connectivity index (χ3n) is 2.51. The molecule has 0 heteroatoms. The summed E-state index contributed by atoms with van der Waals surface area (Å²) in [7, 11) is 0. The van der Waals surface area contributed by atoms with E-state index >= 15 is 0 Å². The molecular weight excluding hydrogens is 144 g/mol. The van der Waals surface area contributed by atoms with E-state index < -0.39 is 0 Å². The number of benzene rings is 1. The third-order valence-corrected chi connectivity index (χ3v) is 2.51. The summed E-state index contributed by atoms with van der Waals surface area (Å²) in [5.41, 5.74) is 2.94. The van der Waals surface area contributed by atoms with Crippen LogP contribution in [0.2, 0.25) is 0 Å². The Balaban J connectivity index is 2.26. The molecule has 1 aliphatic carbocycles. The molecule has 0 N–H and O–H groups in total. The van der Waals surface area contributed by atoms with Gasteiger partial charge in [-0.05, 0) is 35.8 Å². The summed E-state index contributed by atoms with van der Waals surface area (Å²) in [5, 5.41) is 0. The van der Waals surface area contributed by atoms with Crippen molar-refractivity contribution in [1.82, 2.24) is 0 Å². The van der Waals surface area contributed by atoms with E-state index in [1.54, 1.807) is 0 Å². The van der Waals surface area contributed by atoms with E-state index in [-0.39, 0.29) is 0 Å². The molecule has 1 saturated carbocycles. The highest BCUT2D eigenvalue weighted by Gasteiger charge is 2.23.